The Hall–Kier alpha value is -2.89. The summed E-state index contributed by atoms with van der Waals surface area (Å²) >= 11 is 0. The Labute approximate surface area is 166 Å². The summed E-state index contributed by atoms with van der Waals surface area (Å²) in [7, 11) is 0. The normalized spacial score (nSPS) is 19.5. The van der Waals surface area contributed by atoms with E-state index in [1.165, 1.54) is 0 Å². The van der Waals surface area contributed by atoms with Crippen LogP contribution < -0.4 is 15.1 Å². The molecule has 0 aromatic carbocycles. The Balaban J connectivity index is 1.37. The van der Waals surface area contributed by atoms with Crippen LogP contribution in [0.3, 0.4) is 0 Å². The minimum atomic E-state index is 0.104. The predicted octanol–water partition coefficient (Wildman–Crippen LogP) is 2.78. The van der Waals surface area contributed by atoms with E-state index in [0.717, 1.165) is 62.6 Å². The number of rotatable bonds is 5. The van der Waals surface area contributed by atoms with Gasteiger partial charge in [0.25, 0.3) is 0 Å². The average molecular weight is 377 g/mol. The Morgan fingerprint density at radius 3 is 2.57 bits per heavy atom. The fraction of sp³-hybridized carbons (Fsp3) is 0.409. The van der Waals surface area contributed by atoms with E-state index in [9.17, 15) is 4.79 Å². The molecule has 1 fully saturated rings. The Morgan fingerprint density at radius 1 is 1.00 bits per heavy atom. The number of allylic oxidation sites excluding steroid dienone is 2. The first-order valence-corrected chi connectivity index (χ1v) is 10.1. The van der Waals surface area contributed by atoms with Gasteiger partial charge in [-0.2, -0.15) is 0 Å². The van der Waals surface area contributed by atoms with Gasteiger partial charge in [0.05, 0.1) is 0 Å². The number of anilines is 2. The molecular weight excluding hydrogens is 350 g/mol. The molecule has 0 unspecified atom stereocenters. The first kappa shape index (κ1) is 18.5. The molecule has 4 rings (SSSR count). The third-order valence-electron chi connectivity index (χ3n) is 5.51. The number of hydrogen-bond acceptors (Lipinski definition) is 5. The molecule has 1 aliphatic heterocycles. The second kappa shape index (κ2) is 8.87. The topological polar surface area (TPSA) is 61.4 Å². The number of nitrogens with one attached hydrogen (secondary N) is 1. The molecule has 1 aliphatic carbocycles. The van der Waals surface area contributed by atoms with E-state index < -0.39 is 0 Å². The van der Waals surface area contributed by atoms with Crippen LogP contribution in [0, 0.1) is 5.92 Å². The summed E-state index contributed by atoms with van der Waals surface area (Å²) in [6.45, 7) is 4.13. The number of carbonyl (C=O) groups excluding carboxylic acids is 1. The van der Waals surface area contributed by atoms with Crippen molar-refractivity contribution in [3.63, 3.8) is 0 Å². The molecule has 0 saturated carbocycles. The molecule has 1 amide bonds. The minimum absolute atomic E-state index is 0.104. The van der Waals surface area contributed by atoms with E-state index in [-0.39, 0.29) is 11.8 Å². The standard InChI is InChI=1S/C22H27N5O/c28-22(18-7-2-1-3-8-18)25-17-19-9-6-12-24-21(19)27-15-13-26(14-16-27)20-10-4-5-11-23-20/h1-2,4-6,9-12,18H,3,7-8,13-17H2,(H,25,28)/t18-/m1/s1. The monoisotopic (exact) mass is 377 g/mol. The third kappa shape index (κ3) is 4.32. The van der Waals surface area contributed by atoms with Gasteiger partial charge in [-0.15, -0.1) is 0 Å². The maximum absolute atomic E-state index is 12.5. The molecule has 6 nitrogen and oxygen atoms in total. The number of hydrogen-bond donors (Lipinski definition) is 1. The van der Waals surface area contributed by atoms with E-state index in [0.29, 0.717) is 6.54 Å². The Kier molecular flexibility index (Phi) is 5.85. The fourth-order valence-electron chi connectivity index (χ4n) is 3.90. The van der Waals surface area contributed by atoms with Crippen LogP contribution in [0.25, 0.3) is 0 Å². The van der Waals surface area contributed by atoms with Gasteiger partial charge >= 0.3 is 0 Å². The van der Waals surface area contributed by atoms with Crippen molar-refractivity contribution in [1.82, 2.24) is 15.3 Å². The number of carbonyl (C=O) groups is 1. The zero-order chi connectivity index (χ0) is 19.2. The van der Waals surface area contributed by atoms with Crippen molar-refractivity contribution in [2.24, 2.45) is 5.92 Å². The molecule has 1 saturated heterocycles. The quantitative estimate of drug-likeness (QED) is 0.812. The van der Waals surface area contributed by atoms with Crippen LogP contribution in [0.1, 0.15) is 24.8 Å². The van der Waals surface area contributed by atoms with Crippen molar-refractivity contribution in [2.45, 2.75) is 25.8 Å². The zero-order valence-electron chi connectivity index (χ0n) is 16.1. The number of amides is 1. The van der Waals surface area contributed by atoms with Crippen LogP contribution in [0.5, 0.6) is 0 Å². The highest BCUT2D eigenvalue weighted by molar-refractivity contribution is 5.79. The molecule has 0 radical (unpaired) electrons. The van der Waals surface area contributed by atoms with Crippen molar-refractivity contribution in [1.29, 1.82) is 0 Å². The lowest BCUT2D eigenvalue weighted by molar-refractivity contribution is -0.125. The van der Waals surface area contributed by atoms with Gasteiger partial charge in [-0.05, 0) is 37.5 Å². The van der Waals surface area contributed by atoms with Gasteiger partial charge in [-0.1, -0.05) is 24.3 Å². The highest BCUT2D eigenvalue weighted by atomic mass is 16.1. The van der Waals surface area contributed by atoms with Gasteiger partial charge in [0.2, 0.25) is 5.91 Å². The molecule has 2 aromatic heterocycles. The van der Waals surface area contributed by atoms with Crippen LogP contribution in [0.4, 0.5) is 11.6 Å². The van der Waals surface area contributed by atoms with Gasteiger partial charge in [0, 0.05) is 56.6 Å². The second-order valence-corrected chi connectivity index (χ2v) is 7.35. The molecule has 3 heterocycles. The molecule has 2 aromatic rings. The van der Waals surface area contributed by atoms with Gasteiger partial charge in [0.15, 0.2) is 0 Å². The molecule has 0 spiro atoms. The highest BCUT2D eigenvalue weighted by Crippen LogP contribution is 2.22. The minimum Gasteiger partial charge on any atom is -0.353 e. The van der Waals surface area contributed by atoms with Crippen LogP contribution in [-0.2, 0) is 11.3 Å². The maximum Gasteiger partial charge on any atom is 0.223 e. The molecule has 0 bridgehead atoms. The smallest absolute Gasteiger partial charge is 0.223 e. The van der Waals surface area contributed by atoms with Crippen LogP contribution in [-0.4, -0.2) is 42.1 Å². The third-order valence-corrected chi connectivity index (χ3v) is 5.51. The van der Waals surface area contributed by atoms with Crippen LogP contribution in [0.2, 0.25) is 0 Å². The SMILES string of the molecule is O=C(NCc1cccnc1N1CCN(c2ccccn2)CC1)[C@@H]1CC=CCC1. The first-order valence-electron chi connectivity index (χ1n) is 10.1. The van der Waals surface area contributed by atoms with E-state index >= 15 is 0 Å². The van der Waals surface area contributed by atoms with E-state index in [1.807, 2.05) is 30.6 Å². The lowest BCUT2D eigenvalue weighted by Gasteiger charge is -2.36. The summed E-state index contributed by atoms with van der Waals surface area (Å²) < 4.78 is 0. The molecule has 2 aliphatic rings. The molecule has 146 valence electrons. The summed E-state index contributed by atoms with van der Waals surface area (Å²) in [5, 5.41) is 3.12. The van der Waals surface area contributed by atoms with Crippen LogP contribution >= 0.6 is 0 Å². The molecule has 1 atom stereocenters. The fourth-order valence-corrected chi connectivity index (χ4v) is 3.90. The summed E-state index contributed by atoms with van der Waals surface area (Å²) in [5.41, 5.74) is 1.08. The maximum atomic E-state index is 12.5. The summed E-state index contributed by atoms with van der Waals surface area (Å²) in [6.07, 6.45) is 10.7. The Morgan fingerprint density at radius 2 is 1.82 bits per heavy atom. The van der Waals surface area contributed by atoms with E-state index in [4.69, 9.17) is 0 Å². The summed E-state index contributed by atoms with van der Waals surface area (Å²) in [6, 6.07) is 10.0. The number of piperazine rings is 1. The average Bonchev–Trinajstić information content (AvgIpc) is 2.79. The Bertz CT molecular complexity index is 815. The van der Waals surface area contributed by atoms with Crippen molar-refractivity contribution in [3.05, 3.63) is 60.4 Å². The predicted molar refractivity (Wildman–Crippen MR) is 111 cm³/mol. The second-order valence-electron chi connectivity index (χ2n) is 7.35. The van der Waals surface area contributed by atoms with Gasteiger partial charge in [-0.25, -0.2) is 9.97 Å². The molecule has 28 heavy (non-hydrogen) atoms. The zero-order valence-corrected chi connectivity index (χ0v) is 16.1. The largest absolute Gasteiger partial charge is 0.353 e. The van der Waals surface area contributed by atoms with Crippen molar-refractivity contribution in [3.8, 4) is 0 Å². The summed E-state index contributed by atoms with van der Waals surface area (Å²) in [4.78, 5) is 26.1. The number of pyridine rings is 2. The number of aromatic nitrogens is 2. The van der Waals surface area contributed by atoms with Gasteiger partial charge in [0.1, 0.15) is 11.6 Å². The first-order chi connectivity index (χ1) is 13.8. The van der Waals surface area contributed by atoms with Gasteiger partial charge < -0.3 is 15.1 Å². The van der Waals surface area contributed by atoms with E-state index in [2.05, 4.69) is 49.4 Å². The molecule has 6 heteroatoms. The van der Waals surface area contributed by atoms with Gasteiger partial charge in [-0.3, -0.25) is 4.79 Å². The molecular formula is C22H27N5O. The lowest BCUT2D eigenvalue weighted by atomic mass is 9.93. The summed E-state index contributed by atoms with van der Waals surface area (Å²) in [5.74, 6) is 2.26. The van der Waals surface area contributed by atoms with Crippen molar-refractivity contribution >= 4 is 17.5 Å². The van der Waals surface area contributed by atoms with E-state index in [1.54, 1.807) is 0 Å². The van der Waals surface area contributed by atoms with Crippen LogP contribution in [0.15, 0.2) is 54.9 Å². The van der Waals surface area contributed by atoms with Crippen molar-refractivity contribution < 1.29 is 4.79 Å². The molecule has 1 N–H and O–H groups in total. The lowest BCUT2D eigenvalue weighted by Crippen LogP contribution is -2.47. The number of nitrogens with zero attached hydrogens (tertiary/aromatic N) is 4. The van der Waals surface area contributed by atoms with Crippen molar-refractivity contribution in [2.75, 3.05) is 36.0 Å². The highest BCUT2D eigenvalue weighted by Gasteiger charge is 2.22.